The summed E-state index contributed by atoms with van der Waals surface area (Å²) in [5.41, 5.74) is 1.66. The summed E-state index contributed by atoms with van der Waals surface area (Å²) in [5.74, 6) is 0.623. The fourth-order valence-corrected chi connectivity index (χ4v) is 1.57. The number of hydrogen-bond acceptors (Lipinski definition) is 4. The molecule has 4 heteroatoms. The number of hydrogen-bond donors (Lipinski definition) is 1. The van der Waals surface area contributed by atoms with Crippen molar-refractivity contribution in [1.29, 1.82) is 5.26 Å². The van der Waals surface area contributed by atoms with Crippen LogP contribution in [0.15, 0.2) is 18.2 Å². The van der Waals surface area contributed by atoms with E-state index in [1.165, 1.54) is 0 Å². The number of nitriles is 1. The van der Waals surface area contributed by atoms with Gasteiger partial charge in [0.25, 0.3) is 0 Å². The third kappa shape index (κ3) is 2.32. The normalized spacial score (nSPS) is 15.2. The Bertz CT molecular complexity index is 408. The van der Waals surface area contributed by atoms with Gasteiger partial charge in [-0.15, -0.1) is 0 Å². The summed E-state index contributed by atoms with van der Waals surface area (Å²) in [6.45, 7) is 2.31. The highest BCUT2D eigenvalue weighted by molar-refractivity contribution is 5.45. The number of benzene rings is 1. The molecule has 4 nitrogen and oxygen atoms in total. The molecule has 0 amide bonds. The lowest BCUT2D eigenvalue weighted by Gasteiger charge is -2.27. The topological polar surface area (TPSA) is 54.3 Å². The molecule has 1 N–H and O–H groups in total. The molecule has 0 atom stereocenters. The predicted octanol–water partition coefficient (Wildman–Crippen LogP) is 1.06. The van der Waals surface area contributed by atoms with Crippen LogP contribution in [0.2, 0.25) is 0 Å². The van der Waals surface area contributed by atoms with E-state index in [1.807, 2.05) is 18.2 Å². The van der Waals surface area contributed by atoms with Crippen molar-refractivity contribution < 1.29 is 9.47 Å². The van der Waals surface area contributed by atoms with E-state index in [0.29, 0.717) is 17.4 Å². The fraction of sp³-hybridized carbons (Fsp3) is 0.417. The molecule has 0 aromatic heterocycles. The molecule has 0 aliphatic carbocycles. The SMILES string of the molecule is COc1ccc(CNC2COC2)cc1C#N. The maximum absolute atomic E-state index is 8.94. The molecule has 0 unspecified atom stereocenters. The Labute approximate surface area is 94.8 Å². The van der Waals surface area contributed by atoms with Gasteiger partial charge in [-0.25, -0.2) is 0 Å². The first-order chi connectivity index (χ1) is 7.83. The molecule has 0 radical (unpaired) electrons. The molecule has 2 rings (SSSR count). The van der Waals surface area contributed by atoms with Gasteiger partial charge in [0.2, 0.25) is 0 Å². The van der Waals surface area contributed by atoms with E-state index in [-0.39, 0.29) is 0 Å². The minimum Gasteiger partial charge on any atom is -0.495 e. The van der Waals surface area contributed by atoms with Gasteiger partial charge < -0.3 is 14.8 Å². The molecule has 1 aromatic carbocycles. The Hall–Kier alpha value is -1.57. The zero-order valence-electron chi connectivity index (χ0n) is 9.19. The molecule has 1 fully saturated rings. The van der Waals surface area contributed by atoms with Crippen molar-refractivity contribution in [2.24, 2.45) is 0 Å². The van der Waals surface area contributed by atoms with E-state index in [0.717, 1.165) is 25.3 Å². The molecule has 84 valence electrons. The van der Waals surface area contributed by atoms with Gasteiger partial charge in [-0.1, -0.05) is 6.07 Å². The average Bonchev–Trinajstić information content (AvgIpc) is 2.26. The minimum atomic E-state index is 0.452. The Morgan fingerprint density at radius 1 is 1.56 bits per heavy atom. The molecule has 1 saturated heterocycles. The van der Waals surface area contributed by atoms with E-state index in [9.17, 15) is 0 Å². The van der Waals surface area contributed by atoms with E-state index in [4.69, 9.17) is 14.7 Å². The quantitative estimate of drug-likeness (QED) is 0.821. The number of rotatable bonds is 4. The van der Waals surface area contributed by atoms with Crippen LogP contribution in [0.5, 0.6) is 5.75 Å². The van der Waals surface area contributed by atoms with Crippen molar-refractivity contribution in [3.63, 3.8) is 0 Å². The second kappa shape index (κ2) is 4.97. The summed E-state index contributed by atoms with van der Waals surface area (Å²) in [4.78, 5) is 0. The van der Waals surface area contributed by atoms with Gasteiger partial charge in [0.1, 0.15) is 11.8 Å². The Kier molecular flexibility index (Phi) is 3.40. The van der Waals surface area contributed by atoms with Crippen LogP contribution in [0, 0.1) is 11.3 Å². The van der Waals surface area contributed by atoms with Crippen LogP contribution in [-0.2, 0) is 11.3 Å². The van der Waals surface area contributed by atoms with Crippen LogP contribution in [0.4, 0.5) is 0 Å². The summed E-state index contributed by atoms with van der Waals surface area (Å²) in [7, 11) is 1.57. The molecule has 16 heavy (non-hydrogen) atoms. The van der Waals surface area contributed by atoms with Crippen LogP contribution in [0.25, 0.3) is 0 Å². The molecule has 0 bridgehead atoms. The van der Waals surface area contributed by atoms with Gasteiger partial charge in [0.15, 0.2) is 0 Å². The number of methoxy groups -OCH3 is 1. The predicted molar refractivity (Wildman–Crippen MR) is 59.2 cm³/mol. The van der Waals surface area contributed by atoms with Crippen LogP contribution < -0.4 is 10.1 Å². The van der Waals surface area contributed by atoms with Gasteiger partial charge in [-0.2, -0.15) is 5.26 Å². The summed E-state index contributed by atoms with van der Waals surface area (Å²) < 4.78 is 10.2. The first-order valence-electron chi connectivity index (χ1n) is 5.21. The van der Waals surface area contributed by atoms with Crippen molar-refractivity contribution in [3.05, 3.63) is 29.3 Å². The molecular weight excluding hydrogens is 204 g/mol. The van der Waals surface area contributed by atoms with E-state index in [1.54, 1.807) is 7.11 Å². The minimum absolute atomic E-state index is 0.452. The number of nitrogens with zero attached hydrogens (tertiary/aromatic N) is 1. The lowest BCUT2D eigenvalue weighted by atomic mass is 10.1. The highest BCUT2D eigenvalue weighted by atomic mass is 16.5. The van der Waals surface area contributed by atoms with Crippen molar-refractivity contribution in [1.82, 2.24) is 5.32 Å². The smallest absolute Gasteiger partial charge is 0.136 e. The summed E-state index contributed by atoms with van der Waals surface area (Å²) in [6.07, 6.45) is 0. The van der Waals surface area contributed by atoms with Gasteiger partial charge in [0.05, 0.1) is 31.9 Å². The molecule has 1 heterocycles. The zero-order valence-corrected chi connectivity index (χ0v) is 9.19. The Morgan fingerprint density at radius 3 is 2.94 bits per heavy atom. The molecule has 1 aromatic rings. The van der Waals surface area contributed by atoms with Gasteiger partial charge in [-0.3, -0.25) is 0 Å². The average molecular weight is 218 g/mol. The number of nitrogens with one attached hydrogen (secondary N) is 1. The molecule has 1 aliphatic rings. The van der Waals surface area contributed by atoms with E-state index < -0.39 is 0 Å². The van der Waals surface area contributed by atoms with Crippen LogP contribution in [-0.4, -0.2) is 26.4 Å². The summed E-state index contributed by atoms with van der Waals surface area (Å²) in [6, 6.07) is 8.22. The largest absolute Gasteiger partial charge is 0.495 e. The van der Waals surface area contributed by atoms with E-state index >= 15 is 0 Å². The zero-order chi connectivity index (χ0) is 11.4. The first-order valence-corrected chi connectivity index (χ1v) is 5.21. The van der Waals surface area contributed by atoms with Gasteiger partial charge in [-0.05, 0) is 17.7 Å². The summed E-state index contributed by atoms with van der Waals surface area (Å²) in [5, 5.41) is 12.3. The third-order valence-electron chi connectivity index (χ3n) is 2.62. The standard InChI is InChI=1S/C12H14N2O2/c1-15-12-3-2-9(4-10(12)5-13)6-14-11-7-16-8-11/h2-4,11,14H,6-8H2,1H3. The van der Waals surface area contributed by atoms with Crippen LogP contribution in [0.1, 0.15) is 11.1 Å². The molecular formula is C12H14N2O2. The second-order valence-electron chi connectivity index (χ2n) is 3.76. The van der Waals surface area contributed by atoms with Crippen molar-refractivity contribution in [2.45, 2.75) is 12.6 Å². The Balaban J connectivity index is 2.01. The molecule has 1 aliphatic heterocycles. The fourth-order valence-electron chi connectivity index (χ4n) is 1.57. The first kappa shape index (κ1) is 10.9. The van der Waals surface area contributed by atoms with Gasteiger partial charge >= 0.3 is 0 Å². The lowest BCUT2D eigenvalue weighted by Crippen LogP contribution is -2.45. The van der Waals surface area contributed by atoms with Crippen molar-refractivity contribution >= 4 is 0 Å². The van der Waals surface area contributed by atoms with Crippen molar-refractivity contribution in [3.8, 4) is 11.8 Å². The monoisotopic (exact) mass is 218 g/mol. The Morgan fingerprint density at radius 2 is 2.38 bits per heavy atom. The second-order valence-corrected chi connectivity index (χ2v) is 3.76. The third-order valence-corrected chi connectivity index (χ3v) is 2.62. The van der Waals surface area contributed by atoms with Gasteiger partial charge in [0, 0.05) is 6.54 Å². The highest BCUT2D eigenvalue weighted by Gasteiger charge is 2.17. The highest BCUT2D eigenvalue weighted by Crippen LogP contribution is 2.18. The lowest BCUT2D eigenvalue weighted by molar-refractivity contribution is -0.00578. The maximum atomic E-state index is 8.94. The number of ether oxygens (including phenoxy) is 2. The van der Waals surface area contributed by atoms with Crippen LogP contribution in [0.3, 0.4) is 0 Å². The van der Waals surface area contributed by atoms with E-state index in [2.05, 4.69) is 11.4 Å². The van der Waals surface area contributed by atoms with Crippen molar-refractivity contribution in [2.75, 3.05) is 20.3 Å². The molecule has 0 spiro atoms. The summed E-state index contributed by atoms with van der Waals surface area (Å²) >= 11 is 0. The molecule has 0 saturated carbocycles. The van der Waals surface area contributed by atoms with Crippen LogP contribution >= 0.6 is 0 Å². The maximum Gasteiger partial charge on any atom is 0.136 e.